The topological polar surface area (TPSA) is 75.6 Å². The van der Waals surface area contributed by atoms with Gasteiger partial charge in [-0.05, 0) is 17.7 Å². The van der Waals surface area contributed by atoms with Gasteiger partial charge in [0.2, 0.25) is 0 Å². The minimum Gasteiger partial charge on any atom is -0.480 e. The molecule has 0 aliphatic heterocycles. The van der Waals surface area contributed by atoms with Crippen molar-refractivity contribution in [3.8, 4) is 12.3 Å². The fourth-order valence-electron chi connectivity index (χ4n) is 1.56. The van der Waals surface area contributed by atoms with Gasteiger partial charge in [0.1, 0.15) is 12.6 Å². The van der Waals surface area contributed by atoms with Crippen molar-refractivity contribution in [1.29, 1.82) is 0 Å². The molecule has 118 valence electrons. The fraction of sp³-hybridized carbons (Fsp3) is 0.375. The summed E-state index contributed by atoms with van der Waals surface area (Å²) in [6, 6.07) is 8.21. The lowest BCUT2D eigenvalue weighted by Gasteiger charge is -2.14. The molecule has 0 radical (unpaired) electrons. The molecule has 0 spiro atoms. The lowest BCUT2D eigenvalue weighted by Crippen LogP contribution is -2.42. The van der Waals surface area contributed by atoms with Crippen molar-refractivity contribution in [3.63, 3.8) is 0 Å². The number of hydrogen-bond acceptors (Lipinski definition) is 4. The Bertz CT molecular complexity index is 513. The summed E-state index contributed by atoms with van der Waals surface area (Å²) in [5.74, 6) is 2.48. The van der Waals surface area contributed by atoms with E-state index in [4.69, 9.17) is 16.3 Å². The molecule has 0 saturated carbocycles. The number of carboxylic acids is 1. The Balaban J connectivity index is 2.31. The maximum atomic E-state index is 11.6. The average Bonchev–Trinajstić information content (AvgIpc) is 2.52. The number of terminal acetylenes is 1. The molecule has 1 amide bonds. The third-order valence-electron chi connectivity index (χ3n) is 2.70. The number of carbonyl (C=O) groups excluding carboxylic acids is 1. The molecule has 0 fully saturated rings. The van der Waals surface area contributed by atoms with E-state index in [1.165, 1.54) is 11.8 Å². The van der Waals surface area contributed by atoms with Crippen LogP contribution in [0.25, 0.3) is 0 Å². The highest BCUT2D eigenvalue weighted by atomic mass is 32.2. The molecule has 1 aromatic rings. The first-order valence-electron chi connectivity index (χ1n) is 6.84. The van der Waals surface area contributed by atoms with Gasteiger partial charge in [-0.2, -0.15) is 11.8 Å². The summed E-state index contributed by atoms with van der Waals surface area (Å²) in [6.45, 7) is 0.105. The number of benzene rings is 1. The summed E-state index contributed by atoms with van der Waals surface area (Å²) in [7, 11) is 0. The summed E-state index contributed by atoms with van der Waals surface area (Å²) >= 11 is 1.44. The molecule has 0 aliphatic carbocycles. The predicted molar refractivity (Wildman–Crippen MR) is 86.6 cm³/mol. The van der Waals surface area contributed by atoms with Crippen LogP contribution in [0.2, 0.25) is 0 Å². The van der Waals surface area contributed by atoms with Crippen LogP contribution in [-0.2, 0) is 16.1 Å². The number of carbonyl (C=O) groups is 2. The largest absolute Gasteiger partial charge is 0.480 e. The van der Waals surface area contributed by atoms with Crippen molar-refractivity contribution in [2.75, 3.05) is 11.5 Å². The second kappa shape index (κ2) is 10.6. The monoisotopic (exact) mass is 321 g/mol. The van der Waals surface area contributed by atoms with Crippen LogP contribution in [0.1, 0.15) is 18.4 Å². The minimum atomic E-state index is -1.08. The van der Waals surface area contributed by atoms with Crippen molar-refractivity contribution in [3.05, 3.63) is 35.9 Å². The maximum Gasteiger partial charge on any atom is 0.408 e. The quantitative estimate of drug-likeness (QED) is 0.540. The second-order valence-electron chi connectivity index (χ2n) is 4.48. The van der Waals surface area contributed by atoms with Gasteiger partial charge in [-0.1, -0.05) is 30.3 Å². The highest BCUT2D eigenvalue weighted by Crippen LogP contribution is 2.07. The van der Waals surface area contributed by atoms with Crippen LogP contribution in [0.15, 0.2) is 30.3 Å². The second-order valence-corrected chi connectivity index (χ2v) is 5.63. The lowest BCUT2D eigenvalue weighted by molar-refractivity contribution is -0.138. The van der Waals surface area contributed by atoms with Crippen molar-refractivity contribution in [2.45, 2.75) is 25.5 Å². The van der Waals surface area contributed by atoms with E-state index in [1.54, 1.807) is 0 Å². The van der Waals surface area contributed by atoms with Gasteiger partial charge in [0.15, 0.2) is 0 Å². The van der Waals surface area contributed by atoms with Crippen molar-refractivity contribution in [2.24, 2.45) is 0 Å². The Morgan fingerprint density at radius 2 is 2.09 bits per heavy atom. The molecule has 5 nitrogen and oxygen atoms in total. The number of carboxylic acid groups (broad SMARTS) is 1. The lowest BCUT2D eigenvalue weighted by atomic mass is 10.2. The molecule has 0 saturated heterocycles. The zero-order valence-electron chi connectivity index (χ0n) is 12.2. The number of unbranched alkanes of at least 4 members (excludes halogenated alkanes) is 1. The zero-order valence-corrected chi connectivity index (χ0v) is 13.0. The number of aliphatic carboxylic acids is 1. The number of hydrogen-bond donors (Lipinski definition) is 2. The summed E-state index contributed by atoms with van der Waals surface area (Å²) in [5, 5.41) is 11.4. The molecule has 0 bridgehead atoms. The first-order valence-corrected chi connectivity index (χ1v) is 8.00. The molecule has 0 aromatic heterocycles. The maximum absolute atomic E-state index is 11.6. The summed E-state index contributed by atoms with van der Waals surface area (Å²) < 4.78 is 5.00. The van der Waals surface area contributed by atoms with Crippen LogP contribution in [0.4, 0.5) is 4.79 Å². The Morgan fingerprint density at radius 3 is 2.73 bits per heavy atom. The number of nitrogens with one attached hydrogen (secondary N) is 1. The van der Waals surface area contributed by atoms with E-state index >= 15 is 0 Å². The Kier molecular flexibility index (Phi) is 8.61. The van der Waals surface area contributed by atoms with E-state index in [9.17, 15) is 9.59 Å². The smallest absolute Gasteiger partial charge is 0.408 e. The summed E-state index contributed by atoms with van der Waals surface area (Å²) in [6.07, 6.45) is 5.89. The van der Waals surface area contributed by atoms with E-state index in [0.29, 0.717) is 6.42 Å². The van der Waals surface area contributed by atoms with Gasteiger partial charge < -0.3 is 15.2 Å². The molecule has 0 heterocycles. The molecule has 6 heteroatoms. The van der Waals surface area contributed by atoms with E-state index in [0.717, 1.165) is 17.7 Å². The van der Waals surface area contributed by atoms with Crippen molar-refractivity contribution >= 4 is 23.8 Å². The number of ether oxygens (including phenoxy) is 1. The van der Waals surface area contributed by atoms with E-state index in [2.05, 4.69) is 11.2 Å². The molecule has 1 rings (SSSR count). The fourth-order valence-corrected chi connectivity index (χ4v) is 2.54. The Morgan fingerprint density at radius 1 is 1.36 bits per heavy atom. The SMILES string of the molecule is C#CCCCSCC(NC(=O)OCc1ccccc1)C(=O)O. The average molecular weight is 321 g/mol. The van der Waals surface area contributed by atoms with E-state index in [1.807, 2.05) is 30.3 Å². The van der Waals surface area contributed by atoms with E-state index < -0.39 is 18.1 Å². The molecule has 1 aromatic carbocycles. The molecular weight excluding hydrogens is 302 g/mol. The van der Waals surface area contributed by atoms with Crippen LogP contribution in [0.3, 0.4) is 0 Å². The molecule has 0 aliphatic rings. The Hall–Kier alpha value is -2.13. The minimum absolute atomic E-state index is 0.105. The van der Waals surface area contributed by atoms with Crippen LogP contribution in [0, 0.1) is 12.3 Å². The predicted octanol–water partition coefficient (Wildman–Crippen LogP) is 2.51. The number of alkyl carbamates (subject to hydrolysis) is 1. The molecule has 1 unspecified atom stereocenters. The van der Waals surface area contributed by atoms with Crippen LogP contribution in [-0.4, -0.2) is 34.7 Å². The van der Waals surface area contributed by atoms with Gasteiger partial charge in [0.05, 0.1) is 0 Å². The summed E-state index contributed by atoms with van der Waals surface area (Å²) in [4.78, 5) is 22.7. The van der Waals surface area contributed by atoms with Crippen molar-refractivity contribution in [1.82, 2.24) is 5.32 Å². The van der Waals surface area contributed by atoms with Crippen molar-refractivity contribution < 1.29 is 19.4 Å². The third-order valence-corrected chi connectivity index (χ3v) is 3.84. The highest BCUT2D eigenvalue weighted by Gasteiger charge is 2.20. The number of thioether (sulfide) groups is 1. The Labute approximate surface area is 134 Å². The van der Waals surface area contributed by atoms with Gasteiger partial charge in [0, 0.05) is 12.2 Å². The van der Waals surface area contributed by atoms with Crippen LogP contribution < -0.4 is 5.32 Å². The highest BCUT2D eigenvalue weighted by molar-refractivity contribution is 7.99. The van der Waals surface area contributed by atoms with Gasteiger partial charge in [-0.3, -0.25) is 0 Å². The number of rotatable bonds is 9. The standard InChI is InChI=1S/C16H19NO4S/c1-2-3-7-10-22-12-14(15(18)19)17-16(20)21-11-13-8-5-4-6-9-13/h1,4-6,8-9,14H,3,7,10-12H2,(H,17,20)(H,18,19). The van der Waals surface area contributed by atoms with Gasteiger partial charge in [0.25, 0.3) is 0 Å². The van der Waals surface area contributed by atoms with Crippen LogP contribution in [0.5, 0.6) is 0 Å². The number of amides is 1. The van der Waals surface area contributed by atoms with Gasteiger partial charge in [-0.15, -0.1) is 12.3 Å². The summed E-state index contributed by atoms with van der Waals surface area (Å²) in [5.41, 5.74) is 0.841. The molecule has 2 N–H and O–H groups in total. The van der Waals surface area contributed by atoms with Gasteiger partial charge >= 0.3 is 12.1 Å². The molecule has 1 atom stereocenters. The third kappa shape index (κ3) is 7.60. The molecular formula is C16H19NO4S. The van der Waals surface area contributed by atoms with Crippen LogP contribution >= 0.6 is 11.8 Å². The van der Waals surface area contributed by atoms with Gasteiger partial charge in [-0.25, -0.2) is 9.59 Å². The molecule has 22 heavy (non-hydrogen) atoms. The zero-order chi connectivity index (χ0) is 16.2. The first kappa shape index (κ1) is 17.9. The first-order chi connectivity index (χ1) is 10.6. The normalized spacial score (nSPS) is 11.2. The van der Waals surface area contributed by atoms with E-state index in [-0.39, 0.29) is 12.4 Å².